The molecule has 22 heavy (non-hydrogen) atoms. The van der Waals surface area contributed by atoms with Crippen molar-refractivity contribution in [3.63, 3.8) is 0 Å². The Kier molecular flexibility index (Phi) is 4.40. The molecule has 0 fully saturated rings. The highest BCUT2D eigenvalue weighted by Gasteiger charge is 2.07. The predicted molar refractivity (Wildman–Crippen MR) is 91.0 cm³/mol. The molecule has 1 N–H and O–H groups in total. The van der Waals surface area contributed by atoms with E-state index in [-0.39, 0.29) is 5.91 Å². The number of amides is 1. The van der Waals surface area contributed by atoms with Crippen LogP contribution in [-0.4, -0.2) is 5.91 Å². The number of halogens is 1. The molecule has 110 valence electrons. The lowest BCUT2D eigenvalue weighted by molar-refractivity contribution is -0.120. The van der Waals surface area contributed by atoms with Gasteiger partial charge in [-0.25, -0.2) is 0 Å². The van der Waals surface area contributed by atoms with E-state index in [2.05, 4.69) is 5.32 Å². The van der Waals surface area contributed by atoms with E-state index in [1.165, 1.54) is 0 Å². The lowest BCUT2D eigenvalue weighted by Crippen LogP contribution is -2.24. The van der Waals surface area contributed by atoms with Crippen molar-refractivity contribution in [3.8, 4) is 0 Å². The standard InChI is InChI=1S/C19H16ClNO/c20-17-10-9-15-7-4-8-16(18(15)12-17)11-19(22)21-13-14-5-2-1-3-6-14/h1-10,12H,11,13H2,(H,21,22). The molecular formula is C19H16ClNO. The van der Waals surface area contributed by atoms with Gasteiger partial charge in [0, 0.05) is 11.6 Å². The van der Waals surface area contributed by atoms with Crippen LogP contribution in [0.15, 0.2) is 66.7 Å². The fraction of sp³-hybridized carbons (Fsp3) is 0.105. The van der Waals surface area contributed by atoms with Crippen LogP contribution in [0.4, 0.5) is 0 Å². The Balaban J connectivity index is 1.73. The number of benzene rings is 3. The minimum absolute atomic E-state index is 0.0105. The fourth-order valence-corrected chi connectivity index (χ4v) is 2.67. The Labute approximate surface area is 134 Å². The number of fused-ring (bicyclic) bond motifs is 1. The maximum atomic E-state index is 12.2. The van der Waals surface area contributed by atoms with Gasteiger partial charge >= 0.3 is 0 Å². The van der Waals surface area contributed by atoms with Gasteiger partial charge in [0.05, 0.1) is 6.42 Å². The number of nitrogens with one attached hydrogen (secondary N) is 1. The van der Waals surface area contributed by atoms with E-state index in [9.17, 15) is 4.79 Å². The smallest absolute Gasteiger partial charge is 0.224 e. The van der Waals surface area contributed by atoms with Crippen molar-refractivity contribution in [1.29, 1.82) is 0 Å². The summed E-state index contributed by atoms with van der Waals surface area (Å²) in [4.78, 5) is 12.2. The number of hydrogen-bond acceptors (Lipinski definition) is 1. The van der Waals surface area contributed by atoms with Crippen LogP contribution in [0.2, 0.25) is 5.02 Å². The van der Waals surface area contributed by atoms with Crippen LogP contribution in [0, 0.1) is 0 Å². The maximum absolute atomic E-state index is 12.2. The SMILES string of the molecule is O=C(Cc1cccc2ccc(Cl)cc12)NCc1ccccc1. The van der Waals surface area contributed by atoms with Gasteiger partial charge in [-0.15, -0.1) is 0 Å². The summed E-state index contributed by atoms with van der Waals surface area (Å²) in [5.74, 6) is 0.0105. The molecule has 1 amide bonds. The Bertz CT molecular complexity index is 799. The van der Waals surface area contributed by atoms with Crippen molar-refractivity contribution < 1.29 is 4.79 Å². The number of carbonyl (C=O) groups is 1. The molecule has 0 aliphatic carbocycles. The summed E-state index contributed by atoms with van der Waals surface area (Å²) in [7, 11) is 0. The lowest BCUT2D eigenvalue weighted by atomic mass is 10.0. The first-order valence-corrected chi connectivity index (χ1v) is 7.58. The van der Waals surface area contributed by atoms with Crippen LogP contribution in [0.3, 0.4) is 0 Å². The highest BCUT2D eigenvalue weighted by molar-refractivity contribution is 6.31. The molecule has 0 unspecified atom stereocenters. The Hall–Kier alpha value is -2.32. The fourth-order valence-electron chi connectivity index (χ4n) is 2.50. The first kappa shape index (κ1) is 14.6. The zero-order valence-electron chi connectivity index (χ0n) is 12.1. The van der Waals surface area contributed by atoms with Gasteiger partial charge in [-0.1, -0.05) is 66.2 Å². The van der Waals surface area contributed by atoms with Crippen molar-refractivity contribution >= 4 is 28.3 Å². The van der Waals surface area contributed by atoms with Crippen LogP contribution >= 0.6 is 11.6 Å². The van der Waals surface area contributed by atoms with Crippen LogP contribution in [0.25, 0.3) is 10.8 Å². The first-order valence-electron chi connectivity index (χ1n) is 7.20. The molecule has 0 saturated carbocycles. The van der Waals surface area contributed by atoms with Crippen molar-refractivity contribution in [1.82, 2.24) is 5.32 Å². The summed E-state index contributed by atoms with van der Waals surface area (Å²) < 4.78 is 0. The predicted octanol–water partition coefficient (Wildman–Crippen LogP) is 4.35. The molecule has 2 nitrogen and oxygen atoms in total. The lowest BCUT2D eigenvalue weighted by Gasteiger charge is -2.08. The first-order chi connectivity index (χ1) is 10.7. The second-order valence-corrected chi connectivity index (χ2v) is 5.66. The molecule has 0 atom stereocenters. The van der Waals surface area contributed by atoms with Gasteiger partial charge in [0.25, 0.3) is 0 Å². The van der Waals surface area contributed by atoms with Gasteiger partial charge in [0.1, 0.15) is 0 Å². The van der Waals surface area contributed by atoms with E-state index >= 15 is 0 Å². The molecule has 0 bridgehead atoms. The molecular weight excluding hydrogens is 294 g/mol. The molecule has 0 aliphatic rings. The zero-order chi connectivity index (χ0) is 15.4. The minimum atomic E-state index is 0.0105. The molecule has 0 heterocycles. The molecule has 0 saturated heterocycles. The number of rotatable bonds is 4. The molecule has 3 heteroatoms. The van der Waals surface area contributed by atoms with E-state index in [1.807, 2.05) is 66.7 Å². The summed E-state index contributed by atoms with van der Waals surface area (Å²) in [6, 6.07) is 21.6. The highest BCUT2D eigenvalue weighted by atomic mass is 35.5. The quantitative estimate of drug-likeness (QED) is 0.762. The average molecular weight is 310 g/mol. The topological polar surface area (TPSA) is 29.1 Å². The summed E-state index contributed by atoms with van der Waals surface area (Å²) in [6.07, 6.45) is 0.352. The molecule has 0 radical (unpaired) electrons. The van der Waals surface area contributed by atoms with Crippen LogP contribution in [0.1, 0.15) is 11.1 Å². The number of carbonyl (C=O) groups excluding carboxylic acids is 1. The Morgan fingerprint density at radius 2 is 1.77 bits per heavy atom. The number of hydrogen-bond donors (Lipinski definition) is 1. The van der Waals surface area contributed by atoms with Gasteiger partial charge < -0.3 is 5.32 Å². The summed E-state index contributed by atoms with van der Waals surface area (Å²) >= 11 is 6.07. The van der Waals surface area contributed by atoms with E-state index in [1.54, 1.807) is 0 Å². The van der Waals surface area contributed by atoms with Crippen LogP contribution in [-0.2, 0) is 17.8 Å². The second kappa shape index (κ2) is 6.63. The van der Waals surface area contributed by atoms with E-state index in [0.29, 0.717) is 18.0 Å². The summed E-state index contributed by atoms with van der Waals surface area (Å²) in [6.45, 7) is 0.547. The molecule has 3 aromatic carbocycles. The van der Waals surface area contributed by atoms with Gasteiger partial charge in [-0.3, -0.25) is 4.79 Å². The van der Waals surface area contributed by atoms with Crippen molar-refractivity contribution in [2.75, 3.05) is 0 Å². The van der Waals surface area contributed by atoms with Crippen LogP contribution in [0.5, 0.6) is 0 Å². The van der Waals surface area contributed by atoms with E-state index in [0.717, 1.165) is 21.9 Å². The second-order valence-electron chi connectivity index (χ2n) is 5.22. The zero-order valence-corrected chi connectivity index (χ0v) is 12.8. The van der Waals surface area contributed by atoms with Crippen LogP contribution < -0.4 is 5.32 Å². The highest BCUT2D eigenvalue weighted by Crippen LogP contribution is 2.23. The molecule has 3 aromatic rings. The summed E-state index contributed by atoms with van der Waals surface area (Å²) in [5, 5.41) is 5.77. The third-order valence-corrected chi connectivity index (χ3v) is 3.85. The van der Waals surface area contributed by atoms with Gasteiger partial charge in [-0.2, -0.15) is 0 Å². The summed E-state index contributed by atoms with van der Waals surface area (Å²) in [5.41, 5.74) is 2.09. The average Bonchev–Trinajstić information content (AvgIpc) is 2.54. The largest absolute Gasteiger partial charge is 0.352 e. The van der Waals surface area contributed by atoms with E-state index in [4.69, 9.17) is 11.6 Å². The molecule has 0 spiro atoms. The Morgan fingerprint density at radius 3 is 2.59 bits per heavy atom. The molecule has 3 rings (SSSR count). The van der Waals surface area contributed by atoms with E-state index < -0.39 is 0 Å². The molecule has 0 aliphatic heterocycles. The molecule has 0 aromatic heterocycles. The normalized spacial score (nSPS) is 10.6. The van der Waals surface area contributed by atoms with Crippen molar-refractivity contribution in [3.05, 3.63) is 82.9 Å². The third kappa shape index (κ3) is 3.46. The van der Waals surface area contributed by atoms with Gasteiger partial charge in [0.2, 0.25) is 5.91 Å². The Morgan fingerprint density at radius 1 is 0.955 bits per heavy atom. The van der Waals surface area contributed by atoms with Crippen molar-refractivity contribution in [2.45, 2.75) is 13.0 Å². The van der Waals surface area contributed by atoms with Gasteiger partial charge in [0.15, 0.2) is 0 Å². The van der Waals surface area contributed by atoms with Crippen molar-refractivity contribution in [2.24, 2.45) is 0 Å². The maximum Gasteiger partial charge on any atom is 0.224 e. The monoisotopic (exact) mass is 309 g/mol. The van der Waals surface area contributed by atoms with Gasteiger partial charge in [-0.05, 0) is 34.0 Å². The third-order valence-electron chi connectivity index (χ3n) is 3.62. The minimum Gasteiger partial charge on any atom is -0.352 e.